The zero-order valence-corrected chi connectivity index (χ0v) is 15.1. The van der Waals surface area contributed by atoms with Gasteiger partial charge in [-0.25, -0.2) is 0 Å². The SMILES string of the molecule is CN(Cc1ccccc1N1CCCCC1)C(=O)CNC(=O)c1ccco1. The van der Waals surface area contributed by atoms with Crippen LogP contribution in [0.2, 0.25) is 0 Å². The van der Waals surface area contributed by atoms with Crippen LogP contribution in [-0.2, 0) is 11.3 Å². The summed E-state index contributed by atoms with van der Waals surface area (Å²) in [6.07, 6.45) is 5.14. The number of piperidine rings is 1. The highest BCUT2D eigenvalue weighted by atomic mass is 16.3. The largest absolute Gasteiger partial charge is 0.459 e. The molecule has 1 N–H and O–H groups in total. The number of hydrogen-bond donors (Lipinski definition) is 1. The molecule has 1 saturated heterocycles. The molecule has 1 aliphatic heterocycles. The number of likely N-dealkylation sites (N-methyl/N-ethyl adjacent to an activating group) is 1. The zero-order valence-electron chi connectivity index (χ0n) is 15.1. The van der Waals surface area contributed by atoms with Gasteiger partial charge in [-0.2, -0.15) is 0 Å². The van der Waals surface area contributed by atoms with Crippen molar-refractivity contribution in [2.75, 3.05) is 31.6 Å². The Balaban J connectivity index is 1.58. The van der Waals surface area contributed by atoms with Gasteiger partial charge in [-0.05, 0) is 43.0 Å². The molecule has 6 heteroatoms. The molecular weight excluding hydrogens is 330 g/mol. The Labute approximate surface area is 153 Å². The van der Waals surface area contributed by atoms with Crippen molar-refractivity contribution in [3.8, 4) is 0 Å². The summed E-state index contributed by atoms with van der Waals surface area (Å²) in [5.74, 6) is -0.320. The van der Waals surface area contributed by atoms with Crippen molar-refractivity contribution in [2.45, 2.75) is 25.8 Å². The highest BCUT2D eigenvalue weighted by molar-refractivity contribution is 5.94. The van der Waals surface area contributed by atoms with Crippen LogP contribution in [0.15, 0.2) is 47.1 Å². The van der Waals surface area contributed by atoms with Crippen molar-refractivity contribution < 1.29 is 14.0 Å². The number of carbonyl (C=O) groups excluding carboxylic acids is 2. The molecule has 0 spiro atoms. The summed E-state index contributed by atoms with van der Waals surface area (Å²) in [6.45, 7) is 2.59. The van der Waals surface area contributed by atoms with Gasteiger partial charge >= 0.3 is 0 Å². The van der Waals surface area contributed by atoms with E-state index in [1.807, 2.05) is 12.1 Å². The van der Waals surface area contributed by atoms with Crippen molar-refractivity contribution in [3.05, 3.63) is 54.0 Å². The van der Waals surface area contributed by atoms with Gasteiger partial charge in [0.25, 0.3) is 5.91 Å². The first-order valence-electron chi connectivity index (χ1n) is 9.03. The molecule has 0 bridgehead atoms. The molecule has 1 aliphatic rings. The number of para-hydroxylation sites is 1. The molecule has 2 amide bonds. The molecule has 2 heterocycles. The standard InChI is InChI=1S/C20H25N3O3/c1-22(19(24)14-21-20(25)18-10-7-13-26-18)15-16-8-3-4-9-17(16)23-11-5-2-6-12-23/h3-4,7-10,13H,2,5-6,11-12,14-15H2,1H3,(H,21,25). The Bertz CT molecular complexity index is 737. The molecule has 6 nitrogen and oxygen atoms in total. The monoisotopic (exact) mass is 355 g/mol. The van der Waals surface area contributed by atoms with Gasteiger partial charge in [0.2, 0.25) is 5.91 Å². The lowest BCUT2D eigenvalue weighted by molar-refractivity contribution is -0.129. The predicted octanol–water partition coefficient (Wildman–Crippen LogP) is 2.66. The van der Waals surface area contributed by atoms with Crippen LogP contribution in [0.5, 0.6) is 0 Å². The minimum Gasteiger partial charge on any atom is -0.459 e. The highest BCUT2D eigenvalue weighted by Crippen LogP contribution is 2.25. The molecule has 0 unspecified atom stereocenters. The minimum absolute atomic E-state index is 0.0537. The maximum absolute atomic E-state index is 12.4. The van der Waals surface area contributed by atoms with E-state index in [-0.39, 0.29) is 24.1 Å². The minimum atomic E-state index is -0.384. The summed E-state index contributed by atoms with van der Waals surface area (Å²) in [5.41, 5.74) is 2.33. The van der Waals surface area contributed by atoms with E-state index in [2.05, 4.69) is 22.3 Å². The van der Waals surface area contributed by atoms with E-state index in [4.69, 9.17) is 4.42 Å². The van der Waals surface area contributed by atoms with E-state index < -0.39 is 0 Å². The molecule has 1 aromatic carbocycles. The highest BCUT2D eigenvalue weighted by Gasteiger charge is 2.17. The van der Waals surface area contributed by atoms with E-state index in [0.29, 0.717) is 6.54 Å². The van der Waals surface area contributed by atoms with Gasteiger partial charge in [0.05, 0.1) is 12.8 Å². The first kappa shape index (κ1) is 18.0. The summed E-state index contributed by atoms with van der Waals surface area (Å²) in [5, 5.41) is 2.60. The number of nitrogens with one attached hydrogen (secondary N) is 1. The van der Waals surface area contributed by atoms with Gasteiger partial charge < -0.3 is 19.5 Å². The molecule has 138 valence electrons. The molecular formula is C20H25N3O3. The summed E-state index contributed by atoms with van der Waals surface area (Å²) < 4.78 is 5.02. The lowest BCUT2D eigenvalue weighted by Gasteiger charge is -2.31. The first-order chi connectivity index (χ1) is 12.6. The molecule has 3 rings (SSSR count). The van der Waals surface area contributed by atoms with E-state index in [9.17, 15) is 9.59 Å². The maximum Gasteiger partial charge on any atom is 0.287 e. The van der Waals surface area contributed by atoms with Crippen molar-refractivity contribution in [3.63, 3.8) is 0 Å². The van der Waals surface area contributed by atoms with E-state index >= 15 is 0 Å². The van der Waals surface area contributed by atoms with Crippen molar-refractivity contribution in [1.82, 2.24) is 10.2 Å². The number of benzene rings is 1. The lowest BCUT2D eigenvalue weighted by atomic mass is 10.1. The van der Waals surface area contributed by atoms with Crippen molar-refractivity contribution in [2.24, 2.45) is 0 Å². The molecule has 2 aromatic rings. The Morgan fingerprint density at radius 1 is 1.12 bits per heavy atom. The lowest BCUT2D eigenvalue weighted by Crippen LogP contribution is -2.38. The maximum atomic E-state index is 12.4. The second-order valence-corrected chi connectivity index (χ2v) is 6.59. The summed E-state index contributed by atoms with van der Waals surface area (Å²) >= 11 is 0. The fourth-order valence-corrected chi connectivity index (χ4v) is 3.22. The molecule has 0 radical (unpaired) electrons. The number of carbonyl (C=O) groups is 2. The Morgan fingerprint density at radius 2 is 1.88 bits per heavy atom. The van der Waals surface area contributed by atoms with E-state index in [1.165, 1.54) is 31.2 Å². The smallest absolute Gasteiger partial charge is 0.287 e. The summed E-state index contributed by atoms with van der Waals surface area (Å²) in [6, 6.07) is 11.4. The summed E-state index contributed by atoms with van der Waals surface area (Å²) in [4.78, 5) is 28.3. The average molecular weight is 355 g/mol. The van der Waals surface area contributed by atoms with Crippen molar-refractivity contribution >= 4 is 17.5 Å². The first-order valence-corrected chi connectivity index (χ1v) is 9.03. The third-order valence-electron chi connectivity index (χ3n) is 4.67. The number of amides is 2. The third kappa shape index (κ3) is 4.45. The van der Waals surface area contributed by atoms with Gasteiger partial charge in [-0.3, -0.25) is 9.59 Å². The van der Waals surface area contributed by atoms with Crippen LogP contribution < -0.4 is 10.2 Å². The second-order valence-electron chi connectivity index (χ2n) is 6.59. The van der Waals surface area contributed by atoms with Gasteiger partial charge in [-0.1, -0.05) is 18.2 Å². The van der Waals surface area contributed by atoms with Crippen LogP contribution in [-0.4, -0.2) is 43.4 Å². The third-order valence-corrected chi connectivity index (χ3v) is 4.67. The fourth-order valence-electron chi connectivity index (χ4n) is 3.22. The van der Waals surface area contributed by atoms with Gasteiger partial charge in [0.15, 0.2) is 5.76 Å². The normalized spacial score (nSPS) is 14.1. The Morgan fingerprint density at radius 3 is 2.62 bits per heavy atom. The molecule has 0 saturated carbocycles. The molecule has 1 aromatic heterocycles. The molecule has 0 atom stereocenters. The second kappa shape index (κ2) is 8.56. The predicted molar refractivity (Wildman–Crippen MR) is 100 cm³/mol. The quantitative estimate of drug-likeness (QED) is 0.865. The number of anilines is 1. The van der Waals surface area contributed by atoms with Gasteiger partial charge in [0.1, 0.15) is 0 Å². The topological polar surface area (TPSA) is 65.8 Å². The number of rotatable bonds is 6. The van der Waals surface area contributed by atoms with Crippen LogP contribution in [0.4, 0.5) is 5.69 Å². The molecule has 1 fully saturated rings. The van der Waals surface area contributed by atoms with Gasteiger partial charge in [0, 0.05) is 32.4 Å². The van der Waals surface area contributed by atoms with Crippen LogP contribution in [0.3, 0.4) is 0 Å². The van der Waals surface area contributed by atoms with E-state index in [1.54, 1.807) is 24.1 Å². The van der Waals surface area contributed by atoms with Crippen LogP contribution in [0.1, 0.15) is 35.4 Å². The molecule has 26 heavy (non-hydrogen) atoms. The van der Waals surface area contributed by atoms with E-state index in [0.717, 1.165) is 18.7 Å². The number of nitrogens with zero attached hydrogens (tertiary/aromatic N) is 2. The van der Waals surface area contributed by atoms with Crippen molar-refractivity contribution in [1.29, 1.82) is 0 Å². The molecule has 0 aliphatic carbocycles. The number of furan rings is 1. The summed E-state index contributed by atoms with van der Waals surface area (Å²) in [7, 11) is 1.76. The zero-order chi connectivity index (χ0) is 18.4. The Hall–Kier alpha value is -2.76. The van der Waals surface area contributed by atoms with Crippen LogP contribution in [0.25, 0.3) is 0 Å². The van der Waals surface area contributed by atoms with Crippen LogP contribution >= 0.6 is 0 Å². The van der Waals surface area contributed by atoms with Crippen LogP contribution in [0, 0.1) is 0 Å². The number of hydrogen-bond acceptors (Lipinski definition) is 4. The fraction of sp³-hybridized carbons (Fsp3) is 0.400. The Kier molecular flexibility index (Phi) is 5.94. The van der Waals surface area contributed by atoms with Gasteiger partial charge in [-0.15, -0.1) is 0 Å². The average Bonchev–Trinajstić information content (AvgIpc) is 3.22.